The van der Waals surface area contributed by atoms with Crippen molar-refractivity contribution in [1.82, 2.24) is 0 Å². The molecule has 2 aliphatic rings. The zero-order chi connectivity index (χ0) is 34.8. The van der Waals surface area contributed by atoms with Crippen molar-refractivity contribution in [3.05, 3.63) is 0 Å². The molecule has 2 rings (SSSR count). The van der Waals surface area contributed by atoms with Crippen molar-refractivity contribution in [2.75, 3.05) is 7.11 Å². The molecule has 3 atom stereocenters. The van der Waals surface area contributed by atoms with Crippen LogP contribution in [-0.4, -0.2) is 42.2 Å². The predicted octanol–water partition coefficient (Wildman–Crippen LogP) is 4.46. The molecule has 0 amide bonds. The van der Waals surface area contributed by atoms with Gasteiger partial charge in [0.1, 0.15) is 6.10 Å². The summed E-state index contributed by atoms with van der Waals surface area (Å²) in [5, 5.41) is 18.6. The number of carbonyl (C=O) groups excluding carboxylic acids is 3. The SMILES string of the molecule is CCC(C)(C)C(=O)O.CCC(C)(C)C(=O)OC.CCC(C)(C)C(=O)OC1CC2CCC1(C)C2(C)C.CCC(C)(C)C(=O)[O-].[Na+]. The normalized spacial score (nSPS) is 21.9. The monoisotopic (exact) mass is 636 g/mol. The van der Waals surface area contributed by atoms with Gasteiger partial charge in [-0.2, -0.15) is 0 Å². The third-order valence-corrected chi connectivity index (χ3v) is 10.9. The summed E-state index contributed by atoms with van der Waals surface area (Å²) in [5.41, 5.74) is -1.36. The smallest absolute Gasteiger partial charge is 0.550 e. The van der Waals surface area contributed by atoms with E-state index in [1.807, 2.05) is 55.4 Å². The number of carbonyl (C=O) groups is 4. The number of methoxy groups -OCH3 is 1. The van der Waals surface area contributed by atoms with Crippen LogP contribution in [0, 0.1) is 38.4 Å². The van der Waals surface area contributed by atoms with Crippen molar-refractivity contribution >= 4 is 23.9 Å². The van der Waals surface area contributed by atoms with Gasteiger partial charge in [-0.25, -0.2) is 0 Å². The Morgan fingerprint density at radius 2 is 1.14 bits per heavy atom. The van der Waals surface area contributed by atoms with Crippen molar-refractivity contribution in [2.24, 2.45) is 38.4 Å². The van der Waals surface area contributed by atoms with Crippen molar-refractivity contribution in [1.29, 1.82) is 0 Å². The van der Waals surface area contributed by atoms with Gasteiger partial charge in [-0.1, -0.05) is 62.3 Å². The second-order valence-corrected chi connectivity index (χ2v) is 15.5. The quantitative estimate of drug-likeness (QED) is 0.290. The van der Waals surface area contributed by atoms with Gasteiger partial charge < -0.3 is 24.5 Å². The Balaban J connectivity index is -0.000000553. The Hall–Kier alpha value is -1.12. The first kappa shape index (κ1) is 47.3. The maximum Gasteiger partial charge on any atom is 1.00 e. The van der Waals surface area contributed by atoms with Crippen LogP contribution in [0.2, 0.25) is 0 Å². The molecule has 3 unspecified atom stereocenters. The Bertz CT molecular complexity index is 909. The first-order valence-electron chi connectivity index (χ1n) is 15.9. The Kier molecular flexibility index (Phi) is 19.6. The molecule has 0 saturated heterocycles. The molecule has 254 valence electrons. The molecule has 2 bridgehead atoms. The van der Waals surface area contributed by atoms with Crippen molar-refractivity contribution in [2.45, 2.75) is 155 Å². The van der Waals surface area contributed by atoms with Crippen LogP contribution in [0.4, 0.5) is 0 Å². The van der Waals surface area contributed by atoms with Crippen LogP contribution < -0.4 is 34.7 Å². The van der Waals surface area contributed by atoms with E-state index in [-0.39, 0.29) is 63.8 Å². The number of hydrogen-bond donors (Lipinski definition) is 1. The molecule has 0 spiro atoms. The molecule has 1 N–H and O–H groups in total. The van der Waals surface area contributed by atoms with Crippen LogP contribution in [0.3, 0.4) is 0 Å². The van der Waals surface area contributed by atoms with Crippen molar-refractivity contribution in [3.8, 4) is 0 Å². The largest absolute Gasteiger partial charge is 1.00 e. The molecule has 0 heterocycles. The van der Waals surface area contributed by atoms with Crippen LogP contribution in [0.15, 0.2) is 0 Å². The van der Waals surface area contributed by atoms with Gasteiger partial charge in [0.15, 0.2) is 0 Å². The predicted molar refractivity (Wildman–Crippen MR) is 170 cm³/mol. The van der Waals surface area contributed by atoms with Crippen LogP contribution >= 0.6 is 0 Å². The number of ether oxygens (including phenoxy) is 2. The van der Waals surface area contributed by atoms with Gasteiger partial charge in [0.25, 0.3) is 0 Å². The first-order chi connectivity index (χ1) is 19.2. The molecule has 2 fully saturated rings. The minimum atomic E-state index is -0.972. The summed E-state index contributed by atoms with van der Waals surface area (Å²) in [6.45, 7) is 29.2. The van der Waals surface area contributed by atoms with Crippen molar-refractivity contribution in [3.63, 3.8) is 0 Å². The Morgan fingerprint density at radius 1 is 0.750 bits per heavy atom. The van der Waals surface area contributed by atoms with Gasteiger partial charge in [-0.15, -0.1) is 0 Å². The fourth-order valence-electron chi connectivity index (χ4n) is 4.46. The third-order valence-electron chi connectivity index (χ3n) is 10.9. The minimum absolute atomic E-state index is 0. The minimum Gasteiger partial charge on any atom is -0.550 e. The average molecular weight is 637 g/mol. The summed E-state index contributed by atoms with van der Waals surface area (Å²) >= 11 is 0. The molecule has 2 saturated carbocycles. The zero-order valence-corrected chi connectivity index (χ0v) is 33.4. The Labute approximate surface area is 291 Å². The molecule has 0 aromatic heterocycles. The molecule has 0 aromatic rings. The van der Waals surface area contributed by atoms with E-state index in [4.69, 9.17) is 9.84 Å². The number of aliphatic carboxylic acids is 2. The summed E-state index contributed by atoms with van der Waals surface area (Å²) in [6.07, 6.45) is 6.66. The van der Waals surface area contributed by atoms with E-state index in [1.165, 1.54) is 20.0 Å². The summed E-state index contributed by atoms with van der Waals surface area (Å²) in [5.74, 6) is -1.12. The van der Waals surface area contributed by atoms with Crippen LogP contribution in [0.5, 0.6) is 0 Å². The topological polar surface area (TPSA) is 130 Å². The third kappa shape index (κ3) is 12.6. The van der Waals surface area contributed by atoms with Crippen LogP contribution in [-0.2, 0) is 28.7 Å². The molecule has 0 aromatic carbocycles. The van der Waals surface area contributed by atoms with Gasteiger partial charge in [0.05, 0.1) is 23.4 Å². The second kappa shape index (κ2) is 18.3. The number of carboxylic acids is 2. The molecule has 0 radical (unpaired) electrons. The fraction of sp³-hybridized carbons (Fsp3) is 0.886. The van der Waals surface area contributed by atoms with Gasteiger partial charge in [-0.3, -0.25) is 14.4 Å². The maximum absolute atomic E-state index is 12.3. The Morgan fingerprint density at radius 3 is 1.32 bits per heavy atom. The number of fused-ring (bicyclic) bond motifs is 2. The number of rotatable bonds is 9. The second-order valence-electron chi connectivity index (χ2n) is 15.5. The molecule has 0 aliphatic heterocycles. The molecular formula is C35H65NaO8. The molecular weight excluding hydrogens is 571 g/mol. The van der Waals surface area contributed by atoms with E-state index in [0.29, 0.717) is 18.3 Å². The zero-order valence-electron chi connectivity index (χ0n) is 31.4. The van der Waals surface area contributed by atoms with Crippen LogP contribution in [0.1, 0.15) is 149 Å². The van der Waals surface area contributed by atoms with Gasteiger partial charge in [0, 0.05) is 16.8 Å². The van der Waals surface area contributed by atoms with E-state index in [2.05, 4.69) is 25.5 Å². The van der Waals surface area contributed by atoms with Gasteiger partial charge in [-0.05, 0) is 97.8 Å². The summed E-state index contributed by atoms with van der Waals surface area (Å²) in [7, 11) is 1.42. The summed E-state index contributed by atoms with van der Waals surface area (Å²) in [4.78, 5) is 43.5. The molecule has 44 heavy (non-hydrogen) atoms. The van der Waals surface area contributed by atoms with Gasteiger partial charge >= 0.3 is 47.5 Å². The van der Waals surface area contributed by atoms with Crippen molar-refractivity contribution < 1.29 is 68.4 Å². The van der Waals surface area contributed by atoms with E-state index in [9.17, 15) is 24.3 Å². The fourth-order valence-corrected chi connectivity index (χ4v) is 4.46. The number of hydrogen-bond acceptors (Lipinski definition) is 7. The molecule has 2 aliphatic carbocycles. The van der Waals surface area contributed by atoms with E-state index in [1.54, 1.807) is 27.7 Å². The number of esters is 2. The maximum atomic E-state index is 12.3. The summed E-state index contributed by atoms with van der Waals surface area (Å²) in [6, 6.07) is 0. The average Bonchev–Trinajstić information content (AvgIpc) is 3.26. The first-order valence-corrected chi connectivity index (χ1v) is 15.9. The van der Waals surface area contributed by atoms with E-state index >= 15 is 0 Å². The standard InChI is InChI=1S/C16H28O2.C7H14O2.2C6H12O2.Na/c1-7-14(2,3)13(17)18-12-10-11-8-9-16(12,6)15(11,4)5;1-5-7(2,3)6(8)9-4;2*1-4-6(2,3)5(7)8;/h11-12H,7-10H2,1-6H3;5H2,1-4H3;2*4H2,1-3H3,(H,7,8);/q;;;;+1/p-1. The summed E-state index contributed by atoms with van der Waals surface area (Å²) < 4.78 is 10.5. The molecule has 9 heteroatoms. The van der Waals surface area contributed by atoms with E-state index < -0.39 is 22.8 Å². The van der Waals surface area contributed by atoms with Gasteiger partial charge in [0.2, 0.25) is 0 Å². The van der Waals surface area contributed by atoms with Crippen LogP contribution in [0.25, 0.3) is 0 Å². The number of carboxylic acid groups (broad SMARTS) is 2. The molecule has 8 nitrogen and oxygen atoms in total. The van der Waals surface area contributed by atoms with E-state index in [0.717, 1.165) is 25.2 Å².